The molecule has 0 unspecified atom stereocenters. The normalized spacial score (nSPS) is 14.7. The number of rotatable bonds is 2. The van der Waals surface area contributed by atoms with Crippen LogP contribution in [0.3, 0.4) is 0 Å². The summed E-state index contributed by atoms with van der Waals surface area (Å²) in [6.07, 6.45) is 0. The maximum absolute atomic E-state index is 13.2. The highest BCUT2D eigenvalue weighted by atomic mass is 35.5. The molecule has 0 aromatic heterocycles. The Morgan fingerprint density at radius 1 is 0.778 bits per heavy atom. The molecular weight excluding hydrogens is 426 g/mol. The van der Waals surface area contributed by atoms with Gasteiger partial charge in [-0.3, -0.25) is 9.69 Å². The van der Waals surface area contributed by atoms with E-state index in [1.54, 1.807) is 41.3 Å². The quantitative estimate of drug-likeness (QED) is 0.422. The second-order valence-electron chi connectivity index (χ2n) is 5.84. The van der Waals surface area contributed by atoms with Crippen molar-refractivity contribution in [2.24, 2.45) is 4.99 Å². The SMILES string of the molecule is O=C1C(=Nc2ccc(Cl)c(Cl)c2)c2ccccc2N1c1cc(Cl)cc(Cl)c1. The van der Waals surface area contributed by atoms with Gasteiger partial charge < -0.3 is 0 Å². The Kier molecular flexibility index (Phi) is 4.87. The van der Waals surface area contributed by atoms with Gasteiger partial charge in [0.25, 0.3) is 5.91 Å². The molecule has 0 saturated heterocycles. The van der Waals surface area contributed by atoms with E-state index in [2.05, 4.69) is 4.99 Å². The number of halogens is 4. The molecule has 0 bridgehead atoms. The van der Waals surface area contributed by atoms with Crippen molar-refractivity contribution in [1.29, 1.82) is 0 Å². The van der Waals surface area contributed by atoms with Crippen molar-refractivity contribution < 1.29 is 4.79 Å². The Hall–Kier alpha value is -2.04. The van der Waals surface area contributed by atoms with E-state index in [1.807, 2.05) is 24.3 Å². The van der Waals surface area contributed by atoms with Crippen LogP contribution in [0.15, 0.2) is 65.7 Å². The first-order chi connectivity index (χ1) is 12.9. The molecule has 0 N–H and O–H groups in total. The molecule has 0 radical (unpaired) electrons. The average molecular weight is 436 g/mol. The fourth-order valence-electron chi connectivity index (χ4n) is 2.92. The minimum Gasteiger partial charge on any atom is -0.275 e. The number of para-hydroxylation sites is 1. The predicted molar refractivity (Wildman–Crippen MR) is 113 cm³/mol. The monoisotopic (exact) mass is 434 g/mol. The number of aliphatic imine (C=N–C) groups is 1. The fourth-order valence-corrected chi connectivity index (χ4v) is 3.72. The van der Waals surface area contributed by atoms with Crippen LogP contribution in [0.5, 0.6) is 0 Å². The summed E-state index contributed by atoms with van der Waals surface area (Å²) in [6, 6.07) is 17.3. The molecule has 0 fully saturated rings. The summed E-state index contributed by atoms with van der Waals surface area (Å²) in [6.45, 7) is 0. The van der Waals surface area contributed by atoms with Crippen LogP contribution in [0.2, 0.25) is 20.1 Å². The van der Waals surface area contributed by atoms with Gasteiger partial charge in [-0.1, -0.05) is 64.6 Å². The van der Waals surface area contributed by atoms with Crippen molar-refractivity contribution in [1.82, 2.24) is 0 Å². The summed E-state index contributed by atoms with van der Waals surface area (Å²) in [5.74, 6) is -0.277. The zero-order valence-electron chi connectivity index (χ0n) is 13.6. The summed E-state index contributed by atoms with van der Waals surface area (Å²) in [7, 11) is 0. The zero-order chi connectivity index (χ0) is 19.1. The van der Waals surface area contributed by atoms with Gasteiger partial charge in [-0.2, -0.15) is 0 Å². The highest BCUT2D eigenvalue weighted by molar-refractivity contribution is 6.56. The van der Waals surface area contributed by atoms with Crippen LogP contribution >= 0.6 is 46.4 Å². The van der Waals surface area contributed by atoms with Crippen LogP contribution in [0.1, 0.15) is 5.56 Å². The van der Waals surface area contributed by atoms with Crippen molar-refractivity contribution in [3.8, 4) is 0 Å². The maximum atomic E-state index is 13.2. The molecule has 27 heavy (non-hydrogen) atoms. The smallest absolute Gasteiger partial charge is 0.275 e. The van der Waals surface area contributed by atoms with Crippen molar-refractivity contribution in [3.63, 3.8) is 0 Å². The Labute approximate surface area is 175 Å². The summed E-state index contributed by atoms with van der Waals surface area (Å²) < 4.78 is 0. The number of fused-ring (bicyclic) bond motifs is 1. The highest BCUT2D eigenvalue weighted by Gasteiger charge is 2.35. The van der Waals surface area contributed by atoms with Gasteiger partial charge in [-0.25, -0.2) is 4.99 Å². The average Bonchev–Trinajstić information content (AvgIpc) is 2.89. The maximum Gasteiger partial charge on any atom is 0.282 e. The zero-order valence-corrected chi connectivity index (χ0v) is 16.6. The van der Waals surface area contributed by atoms with E-state index >= 15 is 0 Å². The lowest BCUT2D eigenvalue weighted by Crippen LogP contribution is -2.25. The van der Waals surface area contributed by atoms with Crippen LogP contribution < -0.4 is 4.90 Å². The van der Waals surface area contributed by atoms with Gasteiger partial charge >= 0.3 is 0 Å². The van der Waals surface area contributed by atoms with Gasteiger partial charge in [-0.15, -0.1) is 0 Å². The number of nitrogens with zero attached hydrogens (tertiary/aromatic N) is 2. The van der Waals surface area contributed by atoms with E-state index in [-0.39, 0.29) is 5.91 Å². The molecule has 0 spiro atoms. The van der Waals surface area contributed by atoms with E-state index in [0.29, 0.717) is 48.4 Å². The molecular formula is C20H10Cl4N2O. The van der Waals surface area contributed by atoms with Crippen molar-refractivity contribution in [2.45, 2.75) is 0 Å². The lowest BCUT2D eigenvalue weighted by atomic mass is 10.1. The van der Waals surface area contributed by atoms with Crippen molar-refractivity contribution >= 4 is 75.1 Å². The molecule has 7 heteroatoms. The van der Waals surface area contributed by atoms with Gasteiger partial charge in [0.15, 0.2) is 0 Å². The number of carbonyl (C=O) groups excluding carboxylic acids is 1. The molecule has 0 saturated carbocycles. The molecule has 4 rings (SSSR count). The van der Waals surface area contributed by atoms with Crippen molar-refractivity contribution in [3.05, 3.63) is 86.3 Å². The fraction of sp³-hybridized carbons (Fsp3) is 0. The van der Waals surface area contributed by atoms with Gasteiger partial charge in [0.05, 0.1) is 27.1 Å². The van der Waals surface area contributed by atoms with E-state index in [0.717, 1.165) is 0 Å². The molecule has 0 atom stereocenters. The van der Waals surface area contributed by atoms with Crippen LogP contribution in [0, 0.1) is 0 Å². The van der Waals surface area contributed by atoms with E-state index in [4.69, 9.17) is 46.4 Å². The lowest BCUT2D eigenvalue weighted by Gasteiger charge is -2.17. The topological polar surface area (TPSA) is 32.7 Å². The first-order valence-electron chi connectivity index (χ1n) is 7.88. The van der Waals surface area contributed by atoms with Gasteiger partial charge in [-0.05, 0) is 42.5 Å². The van der Waals surface area contributed by atoms with E-state index in [1.165, 1.54) is 0 Å². The third-order valence-electron chi connectivity index (χ3n) is 4.06. The highest BCUT2D eigenvalue weighted by Crippen LogP contribution is 2.39. The molecule has 1 aliphatic rings. The Morgan fingerprint density at radius 2 is 1.48 bits per heavy atom. The molecule has 134 valence electrons. The first kappa shape index (κ1) is 18.3. The molecule has 1 aliphatic heterocycles. The number of anilines is 2. The Bertz CT molecular complexity index is 1090. The van der Waals surface area contributed by atoms with Crippen LogP contribution in [0.25, 0.3) is 0 Å². The second kappa shape index (κ2) is 7.17. The van der Waals surface area contributed by atoms with Gasteiger partial charge in [0.2, 0.25) is 0 Å². The number of hydrogen-bond donors (Lipinski definition) is 0. The number of hydrogen-bond acceptors (Lipinski definition) is 2. The molecule has 3 nitrogen and oxygen atoms in total. The third-order valence-corrected chi connectivity index (χ3v) is 5.23. The van der Waals surface area contributed by atoms with Crippen LogP contribution in [-0.2, 0) is 4.79 Å². The van der Waals surface area contributed by atoms with Crippen molar-refractivity contribution in [2.75, 3.05) is 4.90 Å². The second-order valence-corrected chi connectivity index (χ2v) is 7.53. The number of amides is 1. The summed E-state index contributed by atoms with van der Waals surface area (Å²) in [5, 5.41) is 1.68. The standard InChI is InChI=1S/C20H10Cl4N2O/c21-11-7-12(22)9-14(8-11)26-18-4-2-1-3-15(18)19(20(26)27)25-13-5-6-16(23)17(24)10-13/h1-10H. The summed E-state index contributed by atoms with van der Waals surface area (Å²) in [4.78, 5) is 19.3. The van der Waals surface area contributed by atoms with Crippen LogP contribution in [-0.4, -0.2) is 11.6 Å². The first-order valence-corrected chi connectivity index (χ1v) is 9.39. The number of carbonyl (C=O) groups is 1. The molecule has 1 heterocycles. The Balaban J connectivity index is 1.87. The molecule has 3 aromatic rings. The van der Waals surface area contributed by atoms with Gasteiger partial charge in [0.1, 0.15) is 5.71 Å². The van der Waals surface area contributed by atoms with E-state index < -0.39 is 0 Å². The van der Waals surface area contributed by atoms with Crippen LogP contribution in [0.4, 0.5) is 17.1 Å². The number of benzene rings is 3. The Morgan fingerprint density at radius 3 is 2.19 bits per heavy atom. The third kappa shape index (κ3) is 3.44. The summed E-state index contributed by atoms with van der Waals surface area (Å²) >= 11 is 24.3. The molecule has 3 aromatic carbocycles. The minimum atomic E-state index is -0.277. The predicted octanol–water partition coefficient (Wildman–Crippen LogP) is 7.10. The van der Waals surface area contributed by atoms with Gasteiger partial charge in [0, 0.05) is 15.6 Å². The lowest BCUT2D eigenvalue weighted by molar-refractivity contribution is -0.111. The largest absolute Gasteiger partial charge is 0.282 e. The minimum absolute atomic E-state index is 0.277. The molecule has 1 amide bonds. The summed E-state index contributed by atoms with van der Waals surface area (Å²) in [5.41, 5.74) is 2.84. The molecule has 0 aliphatic carbocycles. The van der Waals surface area contributed by atoms with E-state index in [9.17, 15) is 4.79 Å².